The highest BCUT2D eigenvalue weighted by molar-refractivity contribution is 9.10. The number of benzene rings is 2. The fraction of sp³-hybridized carbons (Fsp3) is 0.143. The molecule has 7 nitrogen and oxygen atoms in total. The number of hydrogen-bond acceptors (Lipinski definition) is 5. The van der Waals surface area contributed by atoms with E-state index in [1.54, 1.807) is 30.3 Å². The predicted octanol–water partition coefficient (Wildman–Crippen LogP) is 4.69. The fourth-order valence-electron chi connectivity index (χ4n) is 2.69. The van der Waals surface area contributed by atoms with E-state index in [-0.39, 0.29) is 18.1 Å². The minimum absolute atomic E-state index is 0.0464. The summed E-state index contributed by atoms with van der Waals surface area (Å²) in [5, 5.41) is 5.03. The number of anilines is 1. The summed E-state index contributed by atoms with van der Waals surface area (Å²) < 4.78 is 40.8. The summed E-state index contributed by atoms with van der Waals surface area (Å²) in [6.45, 7) is -3.32. The number of ether oxygens (including phenoxy) is 2. The Bertz CT molecular complexity index is 1070. The van der Waals surface area contributed by atoms with Gasteiger partial charge in [-0.2, -0.15) is 8.78 Å². The quantitative estimate of drug-likeness (QED) is 0.474. The minimum atomic E-state index is -3.01. The molecule has 0 bridgehead atoms. The lowest BCUT2D eigenvalue weighted by Gasteiger charge is -2.14. The molecule has 2 N–H and O–H groups in total. The van der Waals surface area contributed by atoms with E-state index in [9.17, 15) is 18.4 Å². The first-order chi connectivity index (χ1) is 14.9. The molecule has 0 atom stereocenters. The molecule has 2 aromatic carbocycles. The van der Waals surface area contributed by atoms with Crippen LogP contribution in [0.1, 0.15) is 10.6 Å². The van der Waals surface area contributed by atoms with Crippen molar-refractivity contribution in [2.75, 3.05) is 19.0 Å². The molecule has 2 amide bonds. The van der Waals surface area contributed by atoms with Crippen LogP contribution >= 0.6 is 15.9 Å². The monoisotopic (exact) mass is 494 g/mol. The maximum Gasteiger partial charge on any atom is 0.387 e. The Hall–Kier alpha value is -3.40. The smallest absolute Gasteiger partial charge is 0.387 e. The highest BCUT2D eigenvalue weighted by atomic mass is 79.9. The molecule has 10 heteroatoms. The summed E-state index contributed by atoms with van der Waals surface area (Å²) in [6.07, 6.45) is 0. The van der Waals surface area contributed by atoms with Gasteiger partial charge in [-0.05, 0) is 64.0 Å². The van der Waals surface area contributed by atoms with Gasteiger partial charge in [-0.25, -0.2) is 0 Å². The number of rotatable bonds is 8. The number of amides is 2. The molecule has 3 aromatic rings. The third-order valence-corrected chi connectivity index (χ3v) is 4.51. The highest BCUT2D eigenvalue weighted by Crippen LogP contribution is 2.34. The number of methoxy groups -OCH3 is 1. The van der Waals surface area contributed by atoms with Gasteiger partial charge in [-0.3, -0.25) is 9.59 Å². The van der Waals surface area contributed by atoms with E-state index in [1.165, 1.54) is 31.4 Å². The Balaban J connectivity index is 1.73. The standard InChI is InChI=1S/C21H17BrF2N2O5/c1-29-14-5-2-12(3-6-14)15-10-13(4-7-16(15)31-21(23)24)26-19(27)11-25-20(28)17-8-9-18(22)30-17/h2-10,21H,11H2,1H3,(H,25,28)(H,26,27). The number of alkyl halides is 2. The van der Waals surface area contributed by atoms with Gasteiger partial charge in [0, 0.05) is 11.3 Å². The van der Waals surface area contributed by atoms with Crippen LogP contribution in [0.2, 0.25) is 0 Å². The molecule has 0 saturated heterocycles. The van der Waals surface area contributed by atoms with Crippen LogP contribution in [0.5, 0.6) is 11.5 Å². The van der Waals surface area contributed by atoms with Gasteiger partial charge < -0.3 is 24.5 Å². The zero-order chi connectivity index (χ0) is 22.4. The lowest BCUT2D eigenvalue weighted by Crippen LogP contribution is -2.32. The maximum atomic E-state index is 12.8. The van der Waals surface area contributed by atoms with E-state index in [1.807, 2.05) is 0 Å². The Labute approximate surface area is 184 Å². The lowest BCUT2D eigenvalue weighted by atomic mass is 10.0. The highest BCUT2D eigenvalue weighted by Gasteiger charge is 2.15. The molecule has 0 aliphatic rings. The zero-order valence-corrected chi connectivity index (χ0v) is 17.7. The van der Waals surface area contributed by atoms with Crippen molar-refractivity contribution in [3.8, 4) is 22.6 Å². The van der Waals surface area contributed by atoms with Crippen molar-refractivity contribution in [3.05, 3.63) is 65.0 Å². The van der Waals surface area contributed by atoms with Gasteiger partial charge in [-0.1, -0.05) is 12.1 Å². The van der Waals surface area contributed by atoms with Crippen LogP contribution in [0.15, 0.2) is 63.7 Å². The van der Waals surface area contributed by atoms with Crippen molar-refractivity contribution in [1.29, 1.82) is 0 Å². The molecule has 0 spiro atoms. The van der Waals surface area contributed by atoms with Crippen LogP contribution in [-0.4, -0.2) is 32.1 Å². The molecule has 1 heterocycles. The maximum absolute atomic E-state index is 12.8. The normalized spacial score (nSPS) is 10.6. The van der Waals surface area contributed by atoms with Crippen LogP contribution in [0.3, 0.4) is 0 Å². The number of nitrogens with one attached hydrogen (secondary N) is 2. The molecule has 0 aliphatic heterocycles. The first kappa shape index (κ1) is 22.3. The third-order valence-electron chi connectivity index (χ3n) is 4.09. The lowest BCUT2D eigenvalue weighted by molar-refractivity contribution is -0.115. The first-order valence-electron chi connectivity index (χ1n) is 8.92. The summed E-state index contributed by atoms with van der Waals surface area (Å²) in [7, 11) is 1.51. The number of carbonyl (C=O) groups is 2. The van der Waals surface area contributed by atoms with E-state index >= 15 is 0 Å². The molecular weight excluding hydrogens is 478 g/mol. The van der Waals surface area contributed by atoms with E-state index < -0.39 is 18.4 Å². The van der Waals surface area contributed by atoms with Crippen molar-refractivity contribution in [1.82, 2.24) is 5.32 Å². The summed E-state index contributed by atoms with van der Waals surface area (Å²) in [5.74, 6) is -0.462. The van der Waals surface area contributed by atoms with Gasteiger partial charge in [0.1, 0.15) is 11.5 Å². The Morgan fingerprint density at radius 1 is 1.10 bits per heavy atom. The molecular formula is C21H17BrF2N2O5. The van der Waals surface area contributed by atoms with Crippen LogP contribution in [0.25, 0.3) is 11.1 Å². The third kappa shape index (κ3) is 6.05. The van der Waals surface area contributed by atoms with Crippen molar-refractivity contribution >= 4 is 33.4 Å². The predicted molar refractivity (Wildman–Crippen MR) is 112 cm³/mol. The molecule has 31 heavy (non-hydrogen) atoms. The van der Waals surface area contributed by atoms with Crippen molar-refractivity contribution in [2.24, 2.45) is 0 Å². The summed E-state index contributed by atoms with van der Waals surface area (Å²) in [6, 6.07) is 14.0. The molecule has 1 aromatic heterocycles. The van der Waals surface area contributed by atoms with Crippen molar-refractivity contribution in [2.45, 2.75) is 6.61 Å². The Kier molecular flexibility index (Phi) is 7.24. The van der Waals surface area contributed by atoms with Gasteiger partial charge in [0.25, 0.3) is 5.91 Å². The summed E-state index contributed by atoms with van der Waals surface area (Å²) >= 11 is 3.09. The largest absolute Gasteiger partial charge is 0.497 e. The Morgan fingerprint density at radius 3 is 2.45 bits per heavy atom. The van der Waals surface area contributed by atoms with Gasteiger partial charge in [0.05, 0.1) is 13.7 Å². The second-order valence-electron chi connectivity index (χ2n) is 6.15. The Morgan fingerprint density at radius 2 is 1.84 bits per heavy atom. The molecule has 0 saturated carbocycles. The fourth-order valence-corrected chi connectivity index (χ4v) is 3.00. The second kappa shape index (κ2) is 10.1. The number of furan rings is 1. The van der Waals surface area contributed by atoms with Gasteiger partial charge in [0.15, 0.2) is 10.4 Å². The number of carbonyl (C=O) groups excluding carboxylic acids is 2. The molecule has 3 rings (SSSR count). The topological polar surface area (TPSA) is 89.8 Å². The molecule has 0 fully saturated rings. The van der Waals surface area contributed by atoms with Crippen LogP contribution in [0.4, 0.5) is 14.5 Å². The van der Waals surface area contributed by atoms with Crippen LogP contribution in [-0.2, 0) is 4.79 Å². The van der Waals surface area contributed by atoms with E-state index in [0.29, 0.717) is 27.2 Å². The van der Waals surface area contributed by atoms with Crippen LogP contribution < -0.4 is 20.1 Å². The first-order valence-corrected chi connectivity index (χ1v) is 9.71. The van der Waals surface area contributed by atoms with E-state index in [2.05, 4.69) is 31.3 Å². The van der Waals surface area contributed by atoms with E-state index in [4.69, 9.17) is 9.15 Å². The van der Waals surface area contributed by atoms with Gasteiger partial charge >= 0.3 is 6.61 Å². The SMILES string of the molecule is COc1ccc(-c2cc(NC(=O)CNC(=O)c3ccc(Br)o3)ccc2OC(F)F)cc1. The van der Waals surface area contributed by atoms with Gasteiger partial charge in [-0.15, -0.1) is 0 Å². The molecule has 0 unspecified atom stereocenters. The summed E-state index contributed by atoms with van der Waals surface area (Å²) in [4.78, 5) is 24.2. The average Bonchev–Trinajstić information content (AvgIpc) is 3.19. The van der Waals surface area contributed by atoms with Gasteiger partial charge in [0.2, 0.25) is 5.91 Å². The minimum Gasteiger partial charge on any atom is -0.497 e. The molecule has 0 aliphatic carbocycles. The molecule has 162 valence electrons. The number of hydrogen-bond donors (Lipinski definition) is 2. The van der Waals surface area contributed by atoms with Crippen molar-refractivity contribution < 1.29 is 32.3 Å². The number of halogens is 3. The van der Waals surface area contributed by atoms with E-state index in [0.717, 1.165) is 0 Å². The van der Waals surface area contributed by atoms with Crippen molar-refractivity contribution in [3.63, 3.8) is 0 Å². The molecule has 0 radical (unpaired) electrons. The summed E-state index contributed by atoms with van der Waals surface area (Å²) in [5.41, 5.74) is 1.28. The zero-order valence-electron chi connectivity index (χ0n) is 16.2. The van der Waals surface area contributed by atoms with Crippen LogP contribution in [0, 0.1) is 0 Å². The average molecular weight is 495 g/mol. The second-order valence-corrected chi connectivity index (χ2v) is 6.93.